The number of nitrogens with zero attached hydrogens (tertiary/aromatic N) is 2. The standard InChI is InChI=1S/C15H19N2S.C2H6.Yb/c1-11-10-13(8-9-18-11)17-15-7-5-4-6-14(15)12(2)16-3;1-2;/h4-7,9,11H,8,10H2,1-3H3;1-2H3;/q-1;;. The molecule has 0 spiro atoms. The van der Waals surface area contributed by atoms with Crippen molar-refractivity contribution in [2.75, 3.05) is 7.05 Å². The molecule has 2 rings (SSSR count). The Hall–Kier alpha value is 0.429. The average Bonchev–Trinajstić information content (AvgIpc) is 2.49. The molecule has 0 aromatic heterocycles. The van der Waals surface area contributed by atoms with Gasteiger partial charge in [-0.2, -0.15) is 0 Å². The van der Waals surface area contributed by atoms with E-state index in [9.17, 15) is 0 Å². The van der Waals surface area contributed by atoms with Crippen molar-refractivity contribution >= 4 is 28.9 Å². The molecule has 124 valence electrons. The van der Waals surface area contributed by atoms with Crippen molar-refractivity contribution in [2.45, 2.75) is 45.8 Å². The molecule has 1 aliphatic rings. The number of aliphatic imine (C=N–C) groups is 2. The molecule has 1 saturated heterocycles. The van der Waals surface area contributed by atoms with Gasteiger partial charge < -0.3 is 11.8 Å². The summed E-state index contributed by atoms with van der Waals surface area (Å²) in [6.07, 6.45) is 2.07. The molecule has 1 aromatic carbocycles. The van der Waals surface area contributed by atoms with E-state index in [0.29, 0.717) is 5.25 Å². The summed E-state index contributed by atoms with van der Waals surface area (Å²) >= 11 is 1.92. The van der Waals surface area contributed by atoms with E-state index in [1.807, 2.05) is 51.7 Å². The fourth-order valence-electron chi connectivity index (χ4n) is 2.03. The number of para-hydroxylation sites is 1. The first-order valence-corrected chi connectivity index (χ1v) is 8.21. The minimum Gasteiger partial charge on any atom is -0.347 e. The van der Waals surface area contributed by atoms with Crippen LogP contribution in [-0.2, 0) is 0 Å². The van der Waals surface area contributed by atoms with Crippen molar-refractivity contribution in [3.63, 3.8) is 0 Å². The van der Waals surface area contributed by atoms with Gasteiger partial charge in [0.2, 0.25) is 0 Å². The molecule has 1 unspecified atom stereocenters. The summed E-state index contributed by atoms with van der Waals surface area (Å²) < 4.78 is 0. The molecular weight excluding hydrogens is 437 g/mol. The van der Waals surface area contributed by atoms with Crippen molar-refractivity contribution in [1.82, 2.24) is 0 Å². The van der Waals surface area contributed by atoms with Gasteiger partial charge in [0.1, 0.15) is 0 Å². The van der Waals surface area contributed by atoms with Crippen molar-refractivity contribution < 1.29 is 46.9 Å². The molecule has 21 heavy (non-hydrogen) atoms. The van der Waals surface area contributed by atoms with E-state index >= 15 is 0 Å². The van der Waals surface area contributed by atoms with Crippen LogP contribution in [-0.4, -0.2) is 23.7 Å². The van der Waals surface area contributed by atoms with Gasteiger partial charge >= 0.3 is 0 Å². The predicted molar refractivity (Wildman–Crippen MR) is 93.6 cm³/mol. The number of hydrogen-bond donors (Lipinski definition) is 0. The molecule has 1 aromatic rings. The molecule has 4 heteroatoms. The van der Waals surface area contributed by atoms with Crippen molar-refractivity contribution in [2.24, 2.45) is 9.98 Å². The second kappa shape index (κ2) is 11.9. The summed E-state index contributed by atoms with van der Waals surface area (Å²) in [5, 5.41) is 0.644. The summed E-state index contributed by atoms with van der Waals surface area (Å²) in [6.45, 7) is 8.28. The minimum atomic E-state index is 0. The molecule has 1 aliphatic heterocycles. The molecule has 0 aliphatic carbocycles. The fraction of sp³-hybridized carbons (Fsp3) is 0.471. The molecular formula is C17H25N2SYb-. The molecule has 0 N–H and O–H groups in total. The summed E-state index contributed by atoms with van der Waals surface area (Å²) in [5.74, 6) is 2.26. The molecule has 0 radical (unpaired) electrons. The van der Waals surface area contributed by atoms with E-state index < -0.39 is 0 Å². The van der Waals surface area contributed by atoms with Gasteiger partial charge in [0.05, 0.1) is 5.69 Å². The van der Waals surface area contributed by atoms with E-state index in [0.717, 1.165) is 29.8 Å². The van der Waals surface area contributed by atoms with Crippen LogP contribution in [0.15, 0.2) is 34.3 Å². The topological polar surface area (TPSA) is 24.7 Å². The number of hydrogen-bond acceptors (Lipinski definition) is 3. The van der Waals surface area contributed by atoms with Crippen LogP contribution < -0.4 is 0 Å². The van der Waals surface area contributed by atoms with E-state index in [4.69, 9.17) is 4.99 Å². The Morgan fingerprint density at radius 2 is 1.95 bits per heavy atom. The van der Waals surface area contributed by atoms with Gasteiger partial charge in [-0.05, 0) is 30.4 Å². The average molecular weight is 463 g/mol. The second-order valence-corrected chi connectivity index (χ2v) is 5.94. The summed E-state index contributed by atoms with van der Waals surface area (Å²) in [5.41, 5.74) is 4.50. The third-order valence-corrected chi connectivity index (χ3v) is 4.07. The van der Waals surface area contributed by atoms with Gasteiger partial charge in [0, 0.05) is 65.2 Å². The Balaban J connectivity index is 0.00000128. The Kier molecular flexibility index (Phi) is 12.2. The van der Waals surface area contributed by atoms with Crippen molar-refractivity contribution in [1.29, 1.82) is 0 Å². The van der Waals surface area contributed by atoms with Crippen LogP contribution in [0, 0.1) is 52.7 Å². The second-order valence-electron chi connectivity index (χ2n) is 4.53. The number of rotatable bonds is 2. The Morgan fingerprint density at radius 3 is 2.57 bits per heavy atom. The smallest absolute Gasteiger partial charge is 0.0718 e. The fourth-order valence-corrected chi connectivity index (χ4v) is 2.94. The Labute approximate surface area is 172 Å². The predicted octanol–water partition coefficient (Wildman–Crippen LogP) is 5.30. The van der Waals surface area contributed by atoms with Crippen LogP contribution in [0.25, 0.3) is 0 Å². The third-order valence-electron chi connectivity index (χ3n) is 3.08. The number of thioether (sulfide) groups is 1. The van der Waals surface area contributed by atoms with Gasteiger partial charge in [-0.25, -0.2) is 0 Å². The monoisotopic (exact) mass is 463 g/mol. The summed E-state index contributed by atoms with van der Waals surface area (Å²) in [7, 11) is 1.83. The molecule has 1 fully saturated rings. The molecule has 0 bridgehead atoms. The first-order chi connectivity index (χ1) is 9.70. The van der Waals surface area contributed by atoms with E-state index in [1.165, 1.54) is 5.71 Å². The summed E-state index contributed by atoms with van der Waals surface area (Å²) in [6, 6.07) is 8.24. The molecule has 1 atom stereocenters. The maximum atomic E-state index is 4.83. The normalized spacial score (nSPS) is 20.3. The number of benzene rings is 1. The van der Waals surface area contributed by atoms with Gasteiger partial charge in [0.25, 0.3) is 0 Å². The minimum absolute atomic E-state index is 0. The molecule has 2 nitrogen and oxygen atoms in total. The van der Waals surface area contributed by atoms with Crippen LogP contribution in [0.5, 0.6) is 0 Å². The first-order valence-electron chi connectivity index (χ1n) is 7.27. The van der Waals surface area contributed by atoms with Crippen molar-refractivity contribution in [3.8, 4) is 0 Å². The summed E-state index contributed by atoms with van der Waals surface area (Å²) in [4.78, 5) is 9.09. The quantitative estimate of drug-likeness (QED) is 0.432. The van der Waals surface area contributed by atoms with Crippen LogP contribution in [0.1, 0.15) is 46.1 Å². The van der Waals surface area contributed by atoms with Crippen LogP contribution in [0.4, 0.5) is 5.69 Å². The van der Waals surface area contributed by atoms with Crippen LogP contribution in [0.3, 0.4) is 0 Å². The SMILES string of the molecule is CC.CN=C(C)c1ccccc1N=C1C[CH-]SC(C)C1.[Yb]. The van der Waals surface area contributed by atoms with Crippen molar-refractivity contribution in [3.05, 3.63) is 35.6 Å². The van der Waals surface area contributed by atoms with Gasteiger partial charge in [-0.15, -0.1) is 6.42 Å². The van der Waals surface area contributed by atoms with Gasteiger partial charge in [-0.1, -0.05) is 39.0 Å². The van der Waals surface area contributed by atoms with E-state index in [1.54, 1.807) is 0 Å². The van der Waals surface area contributed by atoms with Gasteiger partial charge in [0.15, 0.2) is 0 Å². The van der Waals surface area contributed by atoms with E-state index in [-0.39, 0.29) is 46.9 Å². The van der Waals surface area contributed by atoms with Gasteiger partial charge in [-0.3, -0.25) is 15.7 Å². The third kappa shape index (κ3) is 7.02. The zero-order valence-corrected chi connectivity index (χ0v) is 16.0. The first kappa shape index (κ1) is 21.4. The van der Waals surface area contributed by atoms with Crippen LogP contribution >= 0.6 is 11.8 Å². The largest absolute Gasteiger partial charge is 0.347 e. The Bertz CT molecular complexity index is 483. The zero-order chi connectivity index (χ0) is 15.0. The maximum Gasteiger partial charge on any atom is 0.0718 e. The molecule has 1 heterocycles. The molecule has 0 amide bonds. The Morgan fingerprint density at radius 1 is 1.29 bits per heavy atom. The van der Waals surface area contributed by atoms with E-state index in [2.05, 4.69) is 29.8 Å². The van der Waals surface area contributed by atoms with Crippen LogP contribution in [0.2, 0.25) is 0 Å². The zero-order valence-electron chi connectivity index (χ0n) is 13.4. The molecule has 0 saturated carbocycles. The maximum absolute atomic E-state index is 4.83.